The summed E-state index contributed by atoms with van der Waals surface area (Å²) in [6, 6.07) is 29.4. The van der Waals surface area contributed by atoms with Crippen molar-refractivity contribution >= 4 is 0 Å². The molecule has 4 aromatic rings. The molecule has 4 heteroatoms. The van der Waals surface area contributed by atoms with Gasteiger partial charge < -0.3 is 5.11 Å². The summed E-state index contributed by atoms with van der Waals surface area (Å²) in [7, 11) is 0. The molecule has 0 aliphatic carbocycles. The summed E-state index contributed by atoms with van der Waals surface area (Å²) in [5.41, 5.74) is 3.82. The van der Waals surface area contributed by atoms with E-state index >= 15 is 0 Å². The third-order valence-electron chi connectivity index (χ3n) is 3.42. The van der Waals surface area contributed by atoms with Gasteiger partial charge >= 0.3 is 0 Å². The van der Waals surface area contributed by atoms with Gasteiger partial charge in [0.05, 0.1) is 0 Å². The molecule has 0 aliphatic heterocycles. The molecule has 0 fully saturated rings. The van der Waals surface area contributed by atoms with E-state index in [1.807, 2.05) is 60.7 Å². The fourth-order valence-corrected chi connectivity index (χ4v) is 2.23. The minimum Gasteiger partial charge on any atom is -0.872 e. The van der Waals surface area contributed by atoms with Gasteiger partial charge in [0.1, 0.15) is 0 Å². The van der Waals surface area contributed by atoms with E-state index in [9.17, 15) is 5.11 Å². The van der Waals surface area contributed by atoms with Gasteiger partial charge in [-0.25, -0.2) is 0 Å². The smallest absolute Gasteiger partial charge is 0.0183 e. The average molecular weight is 519 g/mol. The fraction of sp³-hybridized carbons (Fsp3) is 0. The molecule has 26 heavy (non-hydrogen) atoms. The Morgan fingerprint density at radius 2 is 1.08 bits per heavy atom. The van der Waals surface area contributed by atoms with Crippen LogP contribution in [0.1, 0.15) is 0 Å². The number of benzene rings is 2. The summed E-state index contributed by atoms with van der Waals surface area (Å²) in [6.45, 7) is 0. The van der Waals surface area contributed by atoms with Crippen molar-refractivity contribution in [3.63, 3.8) is 0 Å². The summed E-state index contributed by atoms with van der Waals surface area (Å²) in [5.74, 6) is 0.0718. The Bertz CT molecular complexity index is 846. The van der Waals surface area contributed by atoms with Crippen LogP contribution in [-0.4, -0.2) is 9.97 Å². The van der Waals surface area contributed by atoms with Gasteiger partial charge in [-0.3, -0.25) is 9.97 Å². The molecule has 0 bridgehead atoms. The Labute approximate surface area is 167 Å². The molecule has 0 amide bonds. The predicted octanol–water partition coefficient (Wildman–Crippen LogP) is 4.37. The van der Waals surface area contributed by atoms with Crippen LogP contribution in [0, 0.1) is 6.07 Å². The predicted molar refractivity (Wildman–Crippen MR) is 97.6 cm³/mol. The van der Waals surface area contributed by atoms with Crippen molar-refractivity contribution in [2.45, 2.75) is 0 Å². The number of rotatable bonds is 2. The van der Waals surface area contributed by atoms with Gasteiger partial charge in [-0.05, 0) is 12.1 Å². The maximum absolute atomic E-state index is 10.3. The van der Waals surface area contributed by atoms with Crippen LogP contribution in [0.25, 0.3) is 22.5 Å². The quantitative estimate of drug-likeness (QED) is 0.370. The summed E-state index contributed by atoms with van der Waals surface area (Å²) in [4.78, 5) is 8.66. The molecule has 3 nitrogen and oxygen atoms in total. The van der Waals surface area contributed by atoms with Crippen LogP contribution in [0.15, 0.2) is 97.3 Å². The van der Waals surface area contributed by atoms with Gasteiger partial charge in [0.25, 0.3) is 0 Å². The molecule has 4 rings (SSSR count). The molecule has 132 valence electrons. The maximum Gasteiger partial charge on any atom is 0.0183 e. The summed E-state index contributed by atoms with van der Waals surface area (Å²) in [5, 5.41) is 10.3. The topological polar surface area (TPSA) is 48.8 Å². The molecule has 0 saturated carbocycles. The first-order chi connectivity index (χ1) is 12.3. The van der Waals surface area contributed by atoms with Crippen LogP contribution in [-0.2, 0) is 21.1 Å². The van der Waals surface area contributed by atoms with Gasteiger partial charge in [0.15, 0.2) is 0 Å². The third-order valence-corrected chi connectivity index (χ3v) is 3.42. The van der Waals surface area contributed by atoms with Crippen LogP contribution in [0.2, 0.25) is 0 Å². The first-order valence-electron chi connectivity index (χ1n) is 7.90. The maximum atomic E-state index is 10.3. The summed E-state index contributed by atoms with van der Waals surface area (Å²) in [6.07, 6.45) is 3.58. The fourth-order valence-electron chi connectivity index (χ4n) is 2.23. The molecule has 2 heterocycles. The average Bonchev–Trinajstić information content (AvgIpc) is 2.71. The van der Waals surface area contributed by atoms with E-state index in [0.29, 0.717) is 0 Å². The second kappa shape index (κ2) is 10.3. The number of para-hydroxylation sites is 1. The zero-order chi connectivity index (χ0) is 17.3. The van der Waals surface area contributed by atoms with Crippen molar-refractivity contribution in [3.05, 3.63) is 103 Å². The van der Waals surface area contributed by atoms with Crippen molar-refractivity contribution in [1.82, 2.24) is 9.97 Å². The SMILES string of the molecule is [O-]c1ccccc1.[Pt].[c-]1c(-c2ccccn2)cccc1-c1ccccn1. The first-order valence-corrected chi connectivity index (χ1v) is 7.90. The van der Waals surface area contributed by atoms with Crippen molar-refractivity contribution in [3.8, 4) is 28.3 Å². The second-order valence-corrected chi connectivity index (χ2v) is 5.22. The Kier molecular flexibility index (Phi) is 7.72. The molecular formula is C22H16N2OPt-2. The van der Waals surface area contributed by atoms with Crippen molar-refractivity contribution < 1.29 is 26.2 Å². The molecule has 0 atom stereocenters. The van der Waals surface area contributed by atoms with Gasteiger partial charge in [-0.2, -0.15) is 0 Å². The molecule has 0 radical (unpaired) electrons. The Hall–Kier alpha value is -2.77. The van der Waals surface area contributed by atoms with Crippen LogP contribution in [0.4, 0.5) is 0 Å². The van der Waals surface area contributed by atoms with Crippen molar-refractivity contribution in [2.75, 3.05) is 0 Å². The van der Waals surface area contributed by atoms with Crippen LogP contribution >= 0.6 is 0 Å². The Morgan fingerprint density at radius 1 is 0.577 bits per heavy atom. The van der Waals surface area contributed by atoms with E-state index in [1.165, 1.54) is 12.1 Å². The third kappa shape index (κ3) is 5.64. The second-order valence-electron chi connectivity index (χ2n) is 5.22. The van der Waals surface area contributed by atoms with Gasteiger partial charge in [-0.15, -0.1) is 30.0 Å². The van der Waals surface area contributed by atoms with E-state index in [-0.39, 0.29) is 26.8 Å². The summed E-state index contributed by atoms with van der Waals surface area (Å²) >= 11 is 0. The molecule has 2 aromatic carbocycles. The zero-order valence-electron chi connectivity index (χ0n) is 13.9. The normalized spacial score (nSPS) is 9.38. The Balaban J connectivity index is 0.000000258. The molecule has 0 unspecified atom stereocenters. The van der Waals surface area contributed by atoms with E-state index in [2.05, 4.69) is 16.0 Å². The molecule has 2 aromatic heterocycles. The molecule has 0 saturated heterocycles. The Morgan fingerprint density at radius 3 is 1.46 bits per heavy atom. The zero-order valence-corrected chi connectivity index (χ0v) is 16.1. The molecule has 0 N–H and O–H groups in total. The van der Waals surface area contributed by atoms with E-state index in [1.54, 1.807) is 24.5 Å². The van der Waals surface area contributed by atoms with Crippen molar-refractivity contribution in [2.24, 2.45) is 0 Å². The standard InChI is InChI=1S/C16H11N2.C6H6O.Pt/c1-3-10-17-15(8-1)13-6-5-7-14(12-13)16-9-2-4-11-18-16;7-6-4-2-1-3-5-6;/h1-11H;1-5,7H;/q-1;;/p-1. The molecule has 0 spiro atoms. The van der Waals surface area contributed by atoms with Crippen LogP contribution in [0.5, 0.6) is 5.75 Å². The number of pyridine rings is 2. The number of hydrogen-bond donors (Lipinski definition) is 0. The van der Waals surface area contributed by atoms with E-state index in [4.69, 9.17) is 0 Å². The van der Waals surface area contributed by atoms with E-state index < -0.39 is 0 Å². The summed E-state index contributed by atoms with van der Waals surface area (Å²) < 4.78 is 0. The van der Waals surface area contributed by atoms with Gasteiger partial charge in [0.2, 0.25) is 0 Å². The minimum atomic E-state index is 0. The molecular weight excluding hydrogens is 503 g/mol. The van der Waals surface area contributed by atoms with Crippen molar-refractivity contribution in [1.29, 1.82) is 0 Å². The molecule has 0 aliphatic rings. The van der Waals surface area contributed by atoms with Crippen LogP contribution < -0.4 is 5.11 Å². The monoisotopic (exact) mass is 519 g/mol. The van der Waals surface area contributed by atoms with Gasteiger partial charge in [-0.1, -0.05) is 65.7 Å². The number of aromatic nitrogens is 2. The van der Waals surface area contributed by atoms with Crippen LogP contribution in [0.3, 0.4) is 0 Å². The minimum absolute atomic E-state index is 0. The first kappa shape index (κ1) is 19.6. The van der Waals surface area contributed by atoms with Gasteiger partial charge in [0, 0.05) is 44.8 Å². The largest absolute Gasteiger partial charge is 0.872 e. The number of nitrogens with zero attached hydrogens (tertiary/aromatic N) is 2. The number of hydrogen-bond acceptors (Lipinski definition) is 3. The van der Waals surface area contributed by atoms with E-state index in [0.717, 1.165) is 22.5 Å².